The van der Waals surface area contributed by atoms with E-state index >= 15 is 0 Å². The first-order chi connectivity index (χ1) is 9.79. The van der Waals surface area contributed by atoms with Gasteiger partial charge in [0.15, 0.2) is 0 Å². The fraction of sp³-hybridized carbons (Fsp3) is 0.875. The molecular weight excluding hydrogens is 268 g/mol. The molecule has 0 heterocycles. The topological polar surface area (TPSA) is 78.4 Å². The van der Waals surface area contributed by atoms with Gasteiger partial charge in [-0.25, -0.2) is 4.79 Å². The van der Waals surface area contributed by atoms with Gasteiger partial charge in [-0.15, -0.1) is 0 Å². The first kappa shape index (κ1) is 19.7. The Hall–Kier alpha value is -1.26. The molecule has 0 aromatic carbocycles. The SMILES string of the molecule is CCC(CC)C(C)NC(=O)NC[C@H](CC(=O)O)CC(C)C. The Labute approximate surface area is 128 Å². The molecule has 0 bridgehead atoms. The predicted molar refractivity (Wildman–Crippen MR) is 85.3 cm³/mol. The van der Waals surface area contributed by atoms with E-state index in [1.165, 1.54) is 0 Å². The molecule has 0 aromatic rings. The molecule has 0 radical (unpaired) electrons. The summed E-state index contributed by atoms with van der Waals surface area (Å²) in [5.41, 5.74) is 0. The molecule has 0 aliphatic rings. The van der Waals surface area contributed by atoms with Crippen molar-refractivity contribution in [3.8, 4) is 0 Å². The van der Waals surface area contributed by atoms with E-state index in [2.05, 4.69) is 38.3 Å². The second-order valence-electron chi connectivity index (χ2n) is 6.31. The van der Waals surface area contributed by atoms with E-state index in [9.17, 15) is 9.59 Å². The fourth-order valence-electron chi connectivity index (χ4n) is 2.76. The molecule has 0 aliphatic heterocycles. The van der Waals surface area contributed by atoms with Gasteiger partial charge < -0.3 is 15.7 Å². The molecule has 0 fully saturated rings. The molecule has 3 N–H and O–H groups in total. The third-order valence-electron chi connectivity index (χ3n) is 3.93. The summed E-state index contributed by atoms with van der Waals surface area (Å²) in [7, 11) is 0. The quantitative estimate of drug-likeness (QED) is 0.579. The third-order valence-corrected chi connectivity index (χ3v) is 3.93. The first-order valence-electron chi connectivity index (χ1n) is 8.06. The Morgan fingerprint density at radius 1 is 1.10 bits per heavy atom. The molecule has 124 valence electrons. The highest BCUT2D eigenvalue weighted by molar-refractivity contribution is 5.74. The number of carboxylic acids is 1. The molecule has 0 saturated carbocycles. The van der Waals surface area contributed by atoms with Crippen LogP contribution in [0.25, 0.3) is 0 Å². The minimum absolute atomic E-state index is 0.0169. The van der Waals surface area contributed by atoms with Crippen molar-refractivity contribution in [2.45, 2.75) is 66.3 Å². The van der Waals surface area contributed by atoms with Crippen molar-refractivity contribution >= 4 is 12.0 Å². The summed E-state index contributed by atoms with van der Waals surface area (Å²) < 4.78 is 0. The van der Waals surface area contributed by atoms with Crippen molar-refractivity contribution in [1.29, 1.82) is 0 Å². The van der Waals surface area contributed by atoms with Crippen molar-refractivity contribution in [3.63, 3.8) is 0 Å². The number of aliphatic carboxylic acids is 1. The van der Waals surface area contributed by atoms with Crippen LogP contribution in [0.2, 0.25) is 0 Å². The van der Waals surface area contributed by atoms with E-state index in [1.807, 2.05) is 6.92 Å². The Kier molecular flexibility index (Phi) is 9.84. The van der Waals surface area contributed by atoms with E-state index in [4.69, 9.17) is 5.11 Å². The average Bonchev–Trinajstić information content (AvgIpc) is 2.36. The Bertz CT molecular complexity index is 315. The van der Waals surface area contributed by atoms with Crippen LogP contribution in [0.15, 0.2) is 0 Å². The summed E-state index contributed by atoms with van der Waals surface area (Å²) in [4.78, 5) is 22.7. The third kappa shape index (κ3) is 9.32. The molecule has 5 heteroatoms. The number of urea groups is 1. The summed E-state index contributed by atoms with van der Waals surface area (Å²) in [6.07, 6.45) is 2.97. The first-order valence-corrected chi connectivity index (χ1v) is 8.06. The maximum Gasteiger partial charge on any atom is 0.315 e. The number of carbonyl (C=O) groups excluding carboxylic acids is 1. The Balaban J connectivity index is 4.26. The van der Waals surface area contributed by atoms with Crippen LogP contribution in [0.3, 0.4) is 0 Å². The van der Waals surface area contributed by atoms with Crippen molar-refractivity contribution < 1.29 is 14.7 Å². The molecule has 0 aromatic heterocycles. The van der Waals surface area contributed by atoms with Crippen LogP contribution in [0.4, 0.5) is 4.79 Å². The second-order valence-corrected chi connectivity index (χ2v) is 6.31. The maximum atomic E-state index is 11.9. The van der Waals surface area contributed by atoms with Gasteiger partial charge in [-0.3, -0.25) is 4.79 Å². The predicted octanol–water partition coefficient (Wildman–Crippen LogP) is 3.25. The lowest BCUT2D eigenvalue weighted by Gasteiger charge is -2.24. The van der Waals surface area contributed by atoms with Gasteiger partial charge in [0.1, 0.15) is 0 Å². The van der Waals surface area contributed by atoms with Crippen molar-refractivity contribution in [2.24, 2.45) is 17.8 Å². The van der Waals surface area contributed by atoms with E-state index < -0.39 is 5.97 Å². The lowest BCUT2D eigenvalue weighted by Crippen LogP contribution is -2.45. The molecule has 0 rings (SSSR count). The number of rotatable bonds is 10. The smallest absolute Gasteiger partial charge is 0.315 e. The van der Waals surface area contributed by atoms with E-state index in [-0.39, 0.29) is 24.4 Å². The van der Waals surface area contributed by atoms with Gasteiger partial charge in [0.05, 0.1) is 0 Å². The number of hydrogen-bond donors (Lipinski definition) is 3. The van der Waals surface area contributed by atoms with Crippen LogP contribution < -0.4 is 10.6 Å². The van der Waals surface area contributed by atoms with Crippen LogP contribution in [0.5, 0.6) is 0 Å². The van der Waals surface area contributed by atoms with E-state index in [0.29, 0.717) is 18.4 Å². The number of amides is 2. The standard InChI is InChI=1S/C16H32N2O3/c1-6-14(7-2)12(5)18-16(21)17-10-13(8-11(3)4)9-15(19)20/h11-14H,6-10H2,1-5H3,(H,19,20)(H2,17,18,21)/t12?,13-/m0/s1. The highest BCUT2D eigenvalue weighted by Gasteiger charge is 2.18. The van der Waals surface area contributed by atoms with Gasteiger partial charge in [-0.05, 0) is 31.1 Å². The zero-order chi connectivity index (χ0) is 16.4. The maximum absolute atomic E-state index is 11.9. The summed E-state index contributed by atoms with van der Waals surface area (Å²) >= 11 is 0. The highest BCUT2D eigenvalue weighted by Crippen LogP contribution is 2.15. The minimum atomic E-state index is -0.812. The lowest BCUT2D eigenvalue weighted by atomic mass is 9.94. The molecule has 0 saturated heterocycles. The molecule has 21 heavy (non-hydrogen) atoms. The molecule has 0 aliphatic carbocycles. The molecular formula is C16H32N2O3. The monoisotopic (exact) mass is 300 g/mol. The summed E-state index contributed by atoms with van der Waals surface area (Å²) in [5, 5.41) is 14.7. The molecule has 5 nitrogen and oxygen atoms in total. The summed E-state index contributed by atoms with van der Waals surface area (Å²) in [5.74, 6) is 0.0638. The molecule has 2 amide bonds. The Morgan fingerprint density at radius 3 is 2.10 bits per heavy atom. The van der Waals surface area contributed by atoms with Gasteiger partial charge in [-0.2, -0.15) is 0 Å². The van der Waals surface area contributed by atoms with Crippen LogP contribution in [0.1, 0.15) is 60.3 Å². The van der Waals surface area contributed by atoms with E-state index in [0.717, 1.165) is 19.3 Å². The van der Waals surface area contributed by atoms with Crippen molar-refractivity contribution in [3.05, 3.63) is 0 Å². The number of carboxylic acid groups (broad SMARTS) is 1. The minimum Gasteiger partial charge on any atom is -0.481 e. The molecule has 2 atom stereocenters. The largest absolute Gasteiger partial charge is 0.481 e. The van der Waals surface area contributed by atoms with Crippen LogP contribution in [-0.2, 0) is 4.79 Å². The van der Waals surface area contributed by atoms with Gasteiger partial charge in [0.2, 0.25) is 0 Å². The summed E-state index contributed by atoms with van der Waals surface area (Å²) in [6.45, 7) is 10.8. The van der Waals surface area contributed by atoms with Gasteiger partial charge in [0.25, 0.3) is 0 Å². The van der Waals surface area contributed by atoms with Gasteiger partial charge in [0, 0.05) is 19.0 Å². The second kappa shape index (κ2) is 10.5. The fourth-order valence-corrected chi connectivity index (χ4v) is 2.76. The Morgan fingerprint density at radius 2 is 1.67 bits per heavy atom. The average molecular weight is 300 g/mol. The molecule has 0 spiro atoms. The van der Waals surface area contributed by atoms with Crippen LogP contribution in [0, 0.1) is 17.8 Å². The number of carbonyl (C=O) groups is 2. The van der Waals surface area contributed by atoms with Crippen molar-refractivity contribution in [1.82, 2.24) is 10.6 Å². The van der Waals surface area contributed by atoms with Crippen LogP contribution >= 0.6 is 0 Å². The van der Waals surface area contributed by atoms with Gasteiger partial charge in [-0.1, -0.05) is 40.5 Å². The van der Waals surface area contributed by atoms with Gasteiger partial charge >= 0.3 is 12.0 Å². The normalized spacial score (nSPS) is 14.0. The van der Waals surface area contributed by atoms with Crippen molar-refractivity contribution in [2.75, 3.05) is 6.54 Å². The van der Waals surface area contributed by atoms with E-state index in [1.54, 1.807) is 0 Å². The number of nitrogens with one attached hydrogen (secondary N) is 2. The zero-order valence-corrected chi connectivity index (χ0v) is 14.1. The zero-order valence-electron chi connectivity index (χ0n) is 14.1. The van der Waals surface area contributed by atoms with Crippen LogP contribution in [-0.4, -0.2) is 29.7 Å². The number of hydrogen-bond acceptors (Lipinski definition) is 2. The molecule has 1 unspecified atom stereocenters. The lowest BCUT2D eigenvalue weighted by molar-refractivity contribution is -0.138. The summed E-state index contributed by atoms with van der Waals surface area (Å²) in [6, 6.07) is -0.0726. The highest BCUT2D eigenvalue weighted by atomic mass is 16.4.